The van der Waals surface area contributed by atoms with Crippen molar-refractivity contribution < 1.29 is 4.39 Å². The fourth-order valence-electron chi connectivity index (χ4n) is 1.99. The minimum Gasteiger partial charge on any atom is -0.327 e. The van der Waals surface area contributed by atoms with Crippen LogP contribution in [0, 0.1) is 12.7 Å². The fourth-order valence-corrected chi connectivity index (χ4v) is 2.90. The van der Waals surface area contributed by atoms with Crippen LogP contribution in [0.25, 0.3) is 0 Å². The Morgan fingerprint density at radius 2 is 1.90 bits per heavy atom. The summed E-state index contributed by atoms with van der Waals surface area (Å²) in [5.41, 5.74) is 8.03. The lowest BCUT2D eigenvalue weighted by molar-refractivity contribution is 0.593. The summed E-state index contributed by atoms with van der Waals surface area (Å²) in [6, 6.07) is 13.5. The fraction of sp³-hybridized carbons (Fsp3) is 0.294. The third-order valence-corrected chi connectivity index (χ3v) is 4.56. The van der Waals surface area contributed by atoms with E-state index in [0.717, 1.165) is 28.9 Å². The molecule has 0 saturated carbocycles. The first-order valence-corrected chi connectivity index (χ1v) is 7.69. The minimum absolute atomic E-state index is 0.101. The first-order valence-electron chi connectivity index (χ1n) is 6.87. The van der Waals surface area contributed by atoms with Crippen molar-refractivity contribution >= 4 is 11.8 Å². The standard InChI is InChI=1S/C17H20FNS/c1-3-14(19)10-13-8-9-17(15(18)11-13)20-16-7-5-4-6-12(16)2/h4-9,11,14H,3,10,19H2,1-2H3. The van der Waals surface area contributed by atoms with Gasteiger partial charge in [0.1, 0.15) is 5.82 Å². The number of hydrogen-bond acceptors (Lipinski definition) is 2. The van der Waals surface area contributed by atoms with E-state index in [0.29, 0.717) is 4.90 Å². The van der Waals surface area contributed by atoms with Crippen LogP contribution in [0.2, 0.25) is 0 Å². The topological polar surface area (TPSA) is 26.0 Å². The smallest absolute Gasteiger partial charge is 0.137 e. The number of hydrogen-bond donors (Lipinski definition) is 1. The van der Waals surface area contributed by atoms with Gasteiger partial charge in [-0.05, 0) is 49.1 Å². The van der Waals surface area contributed by atoms with Crippen LogP contribution in [-0.4, -0.2) is 6.04 Å². The molecule has 0 aliphatic carbocycles. The molecule has 0 amide bonds. The predicted molar refractivity (Wildman–Crippen MR) is 83.7 cm³/mol. The lowest BCUT2D eigenvalue weighted by Gasteiger charge is -2.11. The SMILES string of the molecule is CCC(N)Cc1ccc(Sc2ccccc2C)c(F)c1. The van der Waals surface area contributed by atoms with E-state index in [1.807, 2.05) is 50.2 Å². The van der Waals surface area contributed by atoms with Crippen LogP contribution in [0.3, 0.4) is 0 Å². The second-order valence-electron chi connectivity index (χ2n) is 5.00. The molecule has 20 heavy (non-hydrogen) atoms. The molecule has 2 aromatic rings. The van der Waals surface area contributed by atoms with Gasteiger partial charge in [-0.15, -0.1) is 0 Å². The Kier molecular flexibility index (Phi) is 5.21. The van der Waals surface area contributed by atoms with Crippen molar-refractivity contribution in [2.45, 2.75) is 42.5 Å². The molecule has 0 spiro atoms. The van der Waals surface area contributed by atoms with Crippen molar-refractivity contribution in [1.29, 1.82) is 0 Å². The molecule has 0 aliphatic rings. The zero-order valence-electron chi connectivity index (χ0n) is 11.9. The highest BCUT2D eigenvalue weighted by Gasteiger charge is 2.09. The molecule has 2 rings (SSSR count). The summed E-state index contributed by atoms with van der Waals surface area (Å²) in [7, 11) is 0. The predicted octanol–water partition coefficient (Wildman–Crippen LogP) is 4.57. The molecule has 0 radical (unpaired) electrons. The van der Waals surface area contributed by atoms with Gasteiger partial charge in [0, 0.05) is 15.8 Å². The monoisotopic (exact) mass is 289 g/mol. The summed E-state index contributed by atoms with van der Waals surface area (Å²) in [5, 5.41) is 0. The number of nitrogens with two attached hydrogens (primary N) is 1. The molecule has 2 aromatic carbocycles. The Morgan fingerprint density at radius 3 is 2.55 bits per heavy atom. The average molecular weight is 289 g/mol. The van der Waals surface area contributed by atoms with Crippen molar-refractivity contribution in [3.63, 3.8) is 0 Å². The zero-order valence-corrected chi connectivity index (χ0v) is 12.7. The number of halogens is 1. The molecule has 106 valence electrons. The molecule has 0 aliphatic heterocycles. The van der Waals surface area contributed by atoms with E-state index >= 15 is 0 Å². The molecular formula is C17H20FNS. The molecule has 0 fully saturated rings. The molecule has 1 unspecified atom stereocenters. The minimum atomic E-state index is -0.168. The quantitative estimate of drug-likeness (QED) is 0.873. The van der Waals surface area contributed by atoms with E-state index in [4.69, 9.17) is 5.73 Å². The Labute approximate surface area is 124 Å². The van der Waals surface area contributed by atoms with Crippen molar-refractivity contribution in [2.75, 3.05) is 0 Å². The lowest BCUT2D eigenvalue weighted by atomic mass is 10.0. The Balaban J connectivity index is 2.16. The Hall–Kier alpha value is -1.32. The van der Waals surface area contributed by atoms with Crippen molar-refractivity contribution in [3.05, 3.63) is 59.4 Å². The van der Waals surface area contributed by atoms with Crippen LogP contribution < -0.4 is 5.73 Å². The van der Waals surface area contributed by atoms with E-state index in [-0.39, 0.29) is 11.9 Å². The molecular weight excluding hydrogens is 269 g/mol. The lowest BCUT2D eigenvalue weighted by Crippen LogP contribution is -2.21. The number of aryl methyl sites for hydroxylation is 1. The number of benzene rings is 2. The maximum Gasteiger partial charge on any atom is 0.137 e. The van der Waals surface area contributed by atoms with Crippen LogP contribution in [0.1, 0.15) is 24.5 Å². The molecule has 0 saturated heterocycles. The molecule has 0 aromatic heterocycles. The van der Waals surface area contributed by atoms with Gasteiger partial charge in [-0.1, -0.05) is 43.0 Å². The van der Waals surface area contributed by atoms with Gasteiger partial charge < -0.3 is 5.73 Å². The molecule has 1 nitrogen and oxygen atoms in total. The summed E-state index contributed by atoms with van der Waals surface area (Å²) in [5.74, 6) is -0.168. The van der Waals surface area contributed by atoms with Gasteiger partial charge >= 0.3 is 0 Å². The molecule has 1 atom stereocenters. The van der Waals surface area contributed by atoms with Gasteiger partial charge in [0.15, 0.2) is 0 Å². The van der Waals surface area contributed by atoms with Gasteiger partial charge in [-0.3, -0.25) is 0 Å². The third kappa shape index (κ3) is 3.84. The van der Waals surface area contributed by atoms with Gasteiger partial charge in [0.2, 0.25) is 0 Å². The van der Waals surface area contributed by atoms with Crippen LogP contribution in [0.4, 0.5) is 4.39 Å². The summed E-state index contributed by atoms with van der Waals surface area (Å²) < 4.78 is 14.2. The third-order valence-electron chi connectivity index (χ3n) is 3.33. The average Bonchev–Trinajstić information content (AvgIpc) is 2.44. The van der Waals surface area contributed by atoms with Crippen LogP contribution in [0.15, 0.2) is 52.3 Å². The van der Waals surface area contributed by atoms with E-state index < -0.39 is 0 Å². The zero-order chi connectivity index (χ0) is 14.5. The highest BCUT2D eigenvalue weighted by Crippen LogP contribution is 2.32. The summed E-state index contributed by atoms with van der Waals surface area (Å²) >= 11 is 1.47. The summed E-state index contributed by atoms with van der Waals surface area (Å²) in [6.45, 7) is 4.08. The molecule has 3 heteroatoms. The second kappa shape index (κ2) is 6.91. The maximum atomic E-state index is 14.2. The van der Waals surface area contributed by atoms with Crippen molar-refractivity contribution in [3.8, 4) is 0 Å². The molecule has 0 bridgehead atoms. The largest absolute Gasteiger partial charge is 0.327 e. The van der Waals surface area contributed by atoms with Crippen LogP contribution >= 0.6 is 11.8 Å². The highest BCUT2D eigenvalue weighted by atomic mass is 32.2. The summed E-state index contributed by atoms with van der Waals surface area (Å²) in [6.07, 6.45) is 1.63. The second-order valence-corrected chi connectivity index (χ2v) is 6.09. The first-order chi connectivity index (χ1) is 9.60. The summed E-state index contributed by atoms with van der Waals surface area (Å²) in [4.78, 5) is 1.75. The van der Waals surface area contributed by atoms with Gasteiger partial charge in [0.05, 0.1) is 0 Å². The Bertz CT molecular complexity index is 583. The van der Waals surface area contributed by atoms with Crippen LogP contribution in [0.5, 0.6) is 0 Å². The normalized spacial score (nSPS) is 12.4. The van der Waals surface area contributed by atoms with Crippen molar-refractivity contribution in [2.24, 2.45) is 5.73 Å². The molecule has 0 heterocycles. The van der Waals surface area contributed by atoms with Crippen LogP contribution in [-0.2, 0) is 6.42 Å². The van der Waals surface area contributed by atoms with Gasteiger partial charge in [-0.25, -0.2) is 4.39 Å². The first kappa shape index (κ1) is 15.1. The van der Waals surface area contributed by atoms with E-state index in [9.17, 15) is 4.39 Å². The van der Waals surface area contributed by atoms with Gasteiger partial charge in [0.25, 0.3) is 0 Å². The van der Waals surface area contributed by atoms with E-state index in [1.165, 1.54) is 11.8 Å². The maximum absolute atomic E-state index is 14.2. The molecule has 2 N–H and O–H groups in total. The Morgan fingerprint density at radius 1 is 1.15 bits per heavy atom. The number of rotatable bonds is 5. The van der Waals surface area contributed by atoms with E-state index in [2.05, 4.69) is 0 Å². The van der Waals surface area contributed by atoms with Crippen molar-refractivity contribution in [1.82, 2.24) is 0 Å². The van der Waals surface area contributed by atoms with Gasteiger partial charge in [-0.2, -0.15) is 0 Å². The highest BCUT2D eigenvalue weighted by molar-refractivity contribution is 7.99. The van der Waals surface area contributed by atoms with E-state index in [1.54, 1.807) is 6.07 Å².